The Morgan fingerprint density at radius 2 is 2.00 bits per heavy atom. The fraction of sp³-hybridized carbons (Fsp3) is 0.448. The number of likely N-dealkylation sites (tertiary alicyclic amines) is 1. The molecule has 1 N–H and O–H groups in total. The number of carboxylic acids is 1. The number of thioether (sulfide) groups is 1. The van der Waals surface area contributed by atoms with E-state index in [9.17, 15) is 19.5 Å². The van der Waals surface area contributed by atoms with Gasteiger partial charge in [-0.2, -0.15) is 0 Å². The second kappa shape index (κ2) is 10.5. The predicted octanol–water partition coefficient (Wildman–Crippen LogP) is 5.42. The van der Waals surface area contributed by atoms with Gasteiger partial charge in [0.2, 0.25) is 0 Å². The van der Waals surface area contributed by atoms with E-state index in [4.69, 9.17) is 21.4 Å². The van der Waals surface area contributed by atoms with Crippen LogP contribution in [0.2, 0.25) is 0 Å². The van der Waals surface area contributed by atoms with Crippen LogP contribution in [0.15, 0.2) is 39.7 Å². The van der Waals surface area contributed by atoms with Crippen molar-refractivity contribution in [2.24, 2.45) is 11.8 Å². The van der Waals surface area contributed by atoms with Gasteiger partial charge in [0.15, 0.2) is 0 Å². The third-order valence-corrected chi connectivity index (χ3v) is 9.85. The molecule has 1 aromatic heterocycles. The summed E-state index contributed by atoms with van der Waals surface area (Å²) in [5.41, 5.74) is 0.935. The summed E-state index contributed by atoms with van der Waals surface area (Å²) in [5.74, 6) is 1.25. The number of fused-ring (bicyclic) bond motifs is 2. The summed E-state index contributed by atoms with van der Waals surface area (Å²) in [6, 6.07) is 8.09. The highest BCUT2D eigenvalue weighted by Gasteiger charge is 2.48. The summed E-state index contributed by atoms with van der Waals surface area (Å²) >= 11 is 6.92. The van der Waals surface area contributed by atoms with Crippen molar-refractivity contribution in [2.45, 2.75) is 57.0 Å². The molecular weight excluding hydrogens is 536 g/mol. The summed E-state index contributed by atoms with van der Waals surface area (Å²) in [4.78, 5) is 42.3. The van der Waals surface area contributed by atoms with Crippen LogP contribution in [-0.2, 0) is 9.59 Å². The van der Waals surface area contributed by atoms with Crippen LogP contribution >= 0.6 is 24.0 Å². The van der Waals surface area contributed by atoms with Gasteiger partial charge in [0.25, 0.3) is 11.8 Å². The fourth-order valence-electron chi connectivity index (χ4n) is 6.62. The number of hydrogen-bond acceptors (Lipinski definition) is 7. The minimum atomic E-state index is -1.00. The summed E-state index contributed by atoms with van der Waals surface area (Å²) < 4.78 is 12.1. The molecule has 1 aromatic carbocycles. The summed E-state index contributed by atoms with van der Waals surface area (Å²) in [7, 11) is 1.48. The Labute approximate surface area is 236 Å². The number of hydrogen-bond donors (Lipinski definition) is 1. The van der Waals surface area contributed by atoms with Crippen molar-refractivity contribution in [1.82, 2.24) is 9.80 Å². The van der Waals surface area contributed by atoms with Crippen LogP contribution in [0, 0.1) is 11.8 Å². The Morgan fingerprint density at radius 1 is 1.15 bits per heavy atom. The third kappa shape index (κ3) is 4.78. The molecule has 3 heterocycles. The second-order valence-corrected chi connectivity index (χ2v) is 12.4. The van der Waals surface area contributed by atoms with Crippen LogP contribution in [0.3, 0.4) is 0 Å². The topological polar surface area (TPSA) is 100 Å². The predicted molar refractivity (Wildman–Crippen MR) is 151 cm³/mol. The molecule has 0 radical (unpaired) electrons. The molecule has 2 saturated carbocycles. The monoisotopic (exact) mass is 566 g/mol. The highest BCUT2D eigenvalue weighted by atomic mass is 32.2. The van der Waals surface area contributed by atoms with Crippen LogP contribution in [-0.4, -0.2) is 62.7 Å². The summed E-state index contributed by atoms with van der Waals surface area (Å²) in [5, 5.41) is 9.64. The molecule has 204 valence electrons. The minimum Gasteiger partial charge on any atom is -0.496 e. The number of carbonyl (C=O) groups is 3. The molecule has 6 rings (SSSR count). The van der Waals surface area contributed by atoms with E-state index in [0.717, 1.165) is 19.3 Å². The van der Waals surface area contributed by atoms with Gasteiger partial charge in [-0.15, -0.1) is 0 Å². The summed E-state index contributed by atoms with van der Waals surface area (Å²) in [6.45, 7) is 0.383. The van der Waals surface area contributed by atoms with Gasteiger partial charge in [0.1, 0.15) is 27.6 Å². The van der Waals surface area contributed by atoms with Crippen LogP contribution in [0.25, 0.3) is 17.4 Å². The molecule has 2 bridgehead atoms. The first kappa shape index (κ1) is 26.1. The Kier molecular flexibility index (Phi) is 7.01. The van der Waals surface area contributed by atoms with E-state index in [2.05, 4.69) is 0 Å². The van der Waals surface area contributed by atoms with Crippen molar-refractivity contribution in [1.29, 1.82) is 0 Å². The van der Waals surface area contributed by atoms with E-state index in [1.807, 2.05) is 4.90 Å². The number of carbonyl (C=O) groups excluding carboxylic acids is 2. The number of ether oxygens (including phenoxy) is 1. The highest BCUT2D eigenvalue weighted by molar-refractivity contribution is 8.26. The molecular formula is C29H30N2O6S2. The Balaban J connectivity index is 1.24. The minimum absolute atomic E-state index is 0.0488. The molecule has 2 aromatic rings. The number of carboxylic acid groups (broad SMARTS) is 1. The zero-order chi connectivity index (χ0) is 27.3. The fourth-order valence-corrected chi connectivity index (χ4v) is 7.98. The molecule has 2 amide bonds. The Bertz CT molecular complexity index is 1380. The zero-order valence-corrected chi connectivity index (χ0v) is 23.3. The van der Waals surface area contributed by atoms with E-state index >= 15 is 0 Å². The number of rotatable bonds is 6. The molecule has 10 heteroatoms. The maximum absolute atomic E-state index is 13.5. The van der Waals surface area contributed by atoms with Gasteiger partial charge < -0.3 is 19.2 Å². The maximum Gasteiger partial charge on any atom is 0.326 e. The second-order valence-electron chi connectivity index (χ2n) is 10.8. The number of benzene rings is 1. The van der Waals surface area contributed by atoms with Crippen molar-refractivity contribution < 1.29 is 28.6 Å². The quantitative estimate of drug-likeness (QED) is 0.365. The molecule has 4 aliphatic rings. The van der Waals surface area contributed by atoms with Crippen molar-refractivity contribution in [3.8, 4) is 17.1 Å². The van der Waals surface area contributed by atoms with Crippen molar-refractivity contribution in [3.05, 3.63) is 46.6 Å². The lowest BCUT2D eigenvalue weighted by Crippen LogP contribution is -2.48. The molecule has 4 atom stereocenters. The van der Waals surface area contributed by atoms with Gasteiger partial charge in [0, 0.05) is 24.2 Å². The van der Waals surface area contributed by atoms with Gasteiger partial charge in [-0.05, 0) is 80.7 Å². The average Bonchev–Trinajstić information content (AvgIpc) is 3.73. The van der Waals surface area contributed by atoms with E-state index in [1.54, 1.807) is 36.4 Å². The summed E-state index contributed by atoms with van der Waals surface area (Å²) in [6.07, 6.45) is 8.37. The Hall–Kier alpha value is -3.11. The van der Waals surface area contributed by atoms with Gasteiger partial charge >= 0.3 is 5.97 Å². The van der Waals surface area contributed by atoms with Crippen LogP contribution in [0.4, 0.5) is 0 Å². The van der Waals surface area contributed by atoms with E-state index in [0.29, 0.717) is 56.9 Å². The molecule has 39 heavy (non-hydrogen) atoms. The number of aliphatic carboxylic acids is 1. The standard InChI is InChI=1S/C29H30N2O6S2/c1-36-24-9-7-18(14-20(24)26(32)30-11-3-2-4-21(30)28(34)35)23-10-8-19(37-23)15-25-27(33)31(29(38)39-25)22-13-16-5-6-17(22)12-16/h7-10,14-17,21-22H,2-6,11-13H2,1H3,(H,34,35)/t16-,17-,21?,22?/m0/s1. The lowest BCUT2D eigenvalue weighted by Gasteiger charge is -2.33. The van der Waals surface area contributed by atoms with Gasteiger partial charge in [-0.1, -0.05) is 30.4 Å². The van der Waals surface area contributed by atoms with Crippen LogP contribution < -0.4 is 4.74 Å². The van der Waals surface area contributed by atoms with E-state index < -0.39 is 12.0 Å². The molecule has 2 unspecified atom stereocenters. The van der Waals surface area contributed by atoms with Gasteiger partial charge in [-0.25, -0.2) is 4.79 Å². The van der Waals surface area contributed by atoms with Crippen LogP contribution in [0.5, 0.6) is 5.75 Å². The first-order valence-electron chi connectivity index (χ1n) is 13.4. The smallest absolute Gasteiger partial charge is 0.326 e. The van der Waals surface area contributed by atoms with Crippen LogP contribution in [0.1, 0.15) is 61.1 Å². The van der Waals surface area contributed by atoms with Crippen molar-refractivity contribution >= 4 is 52.2 Å². The lowest BCUT2D eigenvalue weighted by atomic mass is 9.94. The number of furan rings is 1. The van der Waals surface area contributed by atoms with E-state index in [-0.39, 0.29) is 23.4 Å². The number of thiocarbonyl (C=S) groups is 1. The first-order valence-corrected chi connectivity index (χ1v) is 14.7. The largest absolute Gasteiger partial charge is 0.496 e. The maximum atomic E-state index is 13.5. The van der Waals surface area contributed by atoms with E-state index in [1.165, 1.54) is 43.0 Å². The third-order valence-electron chi connectivity index (χ3n) is 8.52. The zero-order valence-electron chi connectivity index (χ0n) is 21.6. The lowest BCUT2D eigenvalue weighted by molar-refractivity contribution is -0.143. The SMILES string of the molecule is COc1ccc(-c2ccc(C=C3SC(=S)N(C4C[C@H]5CC[C@H]4C5)C3=O)o2)cc1C(=O)N1CCCCC1C(=O)O. The molecule has 2 saturated heterocycles. The first-order chi connectivity index (χ1) is 18.8. The highest BCUT2D eigenvalue weighted by Crippen LogP contribution is 2.49. The number of piperidine rings is 1. The number of nitrogens with zero attached hydrogens (tertiary/aromatic N) is 2. The Morgan fingerprint density at radius 3 is 2.72 bits per heavy atom. The molecule has 2 aliphatic carbocycles. The number of amides is 2. The molecule has 4 fully saturated rings. The van der Waals surface area contributed by atoms with Crippen molar-refractivity contribution in [3.63, 3.8) is 0 Å². The van der Waals surface area contributed by atoms with Gasteiger partial charge in [-0.3, -0.25) is 14.5 Å². The molecule has 2 aliphatic heterocycles. The molecule has 8 nitrogen and oxygen atoms in total. The normalized spacial score (nSPS) is 27.6. The van der Waals surface area contributed by atoms with Gasteiger partial charge in [0.05, 0.1) is 17.6 Å². The molecule has 0 spiro atoms. The average molecular weight is 567 g/mol. The van der Waals surface area contributed by atoms with Crippen molar-refractivity contribution in [2.75, 3.05) is 13.7 Å². The number of methoxy groups -OCH3 is 1.